The molecule has 0 radical (unpaired) electrons. The highest BCUT2D eigenvalue weighted by Gasteiger charge is 1.95. The first-order valence-corrected chi connectivity index (χ1v) is 4.51. The lowest BCUT2D eigenvalue weighted by Gasteiger charge is -2.01. The third kappa shape index (κ3) is 17.8. The summed E-state index contributed by atoms with van der Waals surface area (Å²) in [5, 5.41) is 16.9. The van der Waals surface area contributed by atoms with Crippen LogP contribution in [0.1, 0.15) is 46.5 Å². The van der Waals surface area contributed by atoms with Crippen LogP contribution in [0.15, 0.2) is 0 Å². The third-order valence-corrected chi connectivity index (χ3v) is 1.43. The summed E-state index contributed by atoms with van der Waals surface area (Å²) < 4.78 is 0. The van der Waals surface area contributed by atoms with Crippen LogP contribution in [0, 0.1) is 0 Å². The van der Waals surface area contributed by atoms with E-state index in [1.54, 1.807) is 0 Å². The summed E-state index contributed by atoms with van der Waals surface area (Å²) in [6.07, 6.45) is 3.59. The summed E-state index contributed by atoms with van der Waals surface area (Å²) in [5.74, 6) is 0. The number of hydrogen-bond donors (Lipinski definition) is 2. The standard InChI is InChI=1S/C5H12O2.C4H10/c1-2-5(7)3-4-6;1-3-4-2/h5-7H,2-4H2,1H3;3-4H2,1-2H3. The van der Waals surface area contributed by atoms with E-state index in [1.807, 2.05) is 6.92 Å². The predicted octanol–water partition coefficient (Wildman–Crippen LogP) is 1.95. The maximum Gasteiger partial charge on any atom is 0.0559 e. The summed E-state index contributed by atoms with van der Waals surface area (Å²) in [4.78, 5) is 0. The number of rotatable bonds is 4. The monoisotopic (exact) mass is 162 g/mol. The van der Waals surface area contributed by atoms with Gasteiger partial charge in [-0.3, -0.25) is 0 Å². The lowest BCUT2D eigenvalue weighted by molar-refractivity contribution is 0.129. The van der Waals surface area contributed by atoms with Gasteiger partial charge in [0.2, 0.25) is 0 Å². The van der Waals surface area contributed by atoms with Crippen molar-refractivity contribution >= 4 is 0 Å². The van der Waals surface area contributed by atoms with E-state index in [0.717, 1.165) is 6.42 Å². The quantitative estimate of drug-likeness (QED) is 0.663. The molecule has 0 aliphatic heterocycles. The average Bonchev–Trinajstić information content (AvgIpc) is 2.05. The largest absolute Gasteiger partial charge is 0.396 e. The van der Waals surface area contributed by atoms with E-state index >= 15 is 0 Å². The molecule has 0 spiro atoms. The van der Waals surface area contributed by atoms with Crippen LogP contribution in [-0.2, 0) is 0 Å². The lowest BCUT2D eigenvalue weighted by atomic mass is 10.2. The molecule has 1 atom stereocenters. The molecule has 0 aromatic heterocycles. The van der Waals surface area contributed by atoms with E-state index < -0.39 is 0 Å². The van der Waals surface area contributed by atoms with Gasteiger partial charge in [-0.25, -0.2) is 0 Å². The predicted molar refractivity (Wildman–Crippen MR) is 48.6 cm³/mol. The summed E-state index contributed by atoms with van der Waals surface area (Å²) in [6.45, 7) is 6.34. The van der Waals surface area contributed by atoms with Crippen LogP contribution in [0.25, 0.3) is 0 Å². The van der Waals surface area contributed by atoms with Gasteiger partial charge >= 0.3 is 0 Å². The second-order valence-electron chi connectivity index (χ2n) is 2.57. The van der Waals surface area contributed by atoms with Gasteiger partial charge in [0.15, 0.2) is 0 Å². The summed E-state index contributed by atoms with van der Waals surface area (Å²) in [5.41, 5.74) is 0. The Morgan fingerprint density at radius 1 is 1.09 bits per heavy atom. The molecule has 0 saturated carbocycles. The molecular formula is C9H22O2. The van der Waals surface area contributed by atoms with Crippen molar-refractivity contribution in [1.29, 1.82) is 0 Å². The Bertz CT molecular complexity index is 53.5. The number of unbranched alkanes of at least 4 members (excludes halogenated alkanes) is 1. The molecule has 70 valence electrons. The molecule has 0 fully saturated rings. The van der Waals surface area contributed by atoms with Gasteiger partial charge in [0, 0.05) is 6.61 Å². The molecule has 2 N–H and O–H groups in total. The Kier molecular flexibility index (Phi) is 15.4. The van der Waals surface area contributed by atoms with Gasteiger partial charge in [-0.15, -0.1) is 0 Å². The zero-order valence-electron chi connectivity index (χ0n) is 8.01. The first-order valence-electron chi connectivity index (χ1n) is 4.51. The highest BCUT2D eigenvalue weighted by Crippen LogP contribution is 1.92. The molecule has 2 nitrogen and oxygen atoms in total. The van der Waals surface area contributed by atoms with Gasteiger partial charge in [0.1, 0.15) is 0 Å². The van der Waals surface area contributed by atoms with Crippen LogP contribution in [-0.4, -0.2) is 22.9 Å². The van der Waals surface area contributed by atoms with Gasteiger partial charge in [-0.1, -0.05) is 33.6 Å². The Labute approximate surface area is 70.3 Å². The van der Waals surface area contributed by atoms with E-state index in [-0.39, 0.29) is 12.7 Å². The van der Waals surface area contributed by atoms with Crippen molar-refractivity contribution in [2.75, 3.05) is 6.61 Å². The maximum atomic E-state index is 8.70. The van der Waals surface area contributed by atoms with Gasteiger partial charge in [-0.2, -0.15) is 0 Å². The van der Waals surface area contributed by atoms with Crippen molar-refractivity contribution in [3.05, 3.63) is 0 Å². The van der Waals surface area contributed by atoms with Gasteiger partial charge < -0.3 is 10.2 Å². The summed E-state index contributed by atoms with van der Waals surface area (Å²) >= 11 is 0. The molecule has 2 heteroatoms. The normalized spacial score (nSPS) is 11.7. The Balaban J connectivity index is 0. The maximum absolute atomic E-state index is 8.70. The molecule has 0 aliphatic rings. The van der Waals surface area contributed by atoms with Crippen molar-refractivity contribution in [3.8, 4) is 0 Å². The Morgan fingerprint density at radius 2 is 1.55 bits per heavy atom. The highest BCUT2D eigenvalue weighted by molar-refractivity contribution is 4.47. The molecular weight excluding hydrogens is 140 g/mol. The second kappa shape index (κ2) is 12.6. The van der Waals surface area contributed by atoms with Crippen molar-refractivity contribution < 1.29 is 10.2 Å². The summed E-state index contributed by atoms with van der Waals surface area (Å²) in [6, 6.07) is 0. The fourth-order valence-corrected chi connectivity index (χ4v) is 0.353. The number of hydrogen-bond acceptors (Lipinski definition) is 2. The fourth-order valence-electron chi connectivity index (χ4n) is 0.353. The highest BCUT2D eigenvalue weighted by atomic mass is 16.3. The minimum absolute atomic E-state index is 0.0923. The smallest absolute Gasteiger partial charge is 0.0559 e. The van der Waals surface area contributed by atoms with Crippen LogP contribution in [0.2, 0.25) is 0 Å². The van der Waals surface area contributed by atoms with E-state index in [1.165, 1.54) is 12.8 Å². The molecule has 0 rings (SSSR count). The van der Waals surface area contributed by atoms with Crippen molar-refractivity contribution in [2.45, 2.75) is 52.6 Å². The van der Waals surface area contributed by atoms with Crippen LogP contribution < -0.4 is 0 Å². The summed E-state index contributed by atoms with van der Waals surface area (Å²) in [7, 11) is 0. The molecule has 0 bridgehead atoms. The molecule has 0 aliphatic carbocycles. The zero-order chi connectivity index (χ0) is 9.11. The molecule has 11 heavy (non-hydrogen) atoms. The SMILES string of the molecule is CCC(O)CCO.CCCC. The molecule has 0 aromatic carbocycles. The van der Waals surface area contributed by atoms with Crippen molar-refractivity contribution in [3.63, 3.8) is 0 Å². The molecule has 0 saturated heterocycles. The lowest BCUT2D eigenvalue weighted by Crippen LogP contribution is -2.05. The van der Waals surface area contributed by atoms with Crippen molar-refractivity contribution in [1.82, 2.24) is 0 Å². The van der Waals surface area contributed by atoms with Gasteiger partial charge in [0.25, 0.3) is 0 Å². The molecule has 1 unspecified atom stereocenters. The van der Waals surface area contributed by atoms with Crippen LogP contribution in [0.3, 0.4) is 0 Å². The van der Waals surface area contributed by atoms with Crippen LogP contribution in [0.5, 0.6) is 0 Å². The zero-order valence-corrected chi connectivity index (χ0v) is 8.01. The van der Waals surface area contributed by atoms with E-state index in [2.05, 4.69) is 13.8 Å². The first-order chi connectivity index (χ1) is 5.22. The second-order valence-corrected chi connectivity index (χ2v) is 2.57. The van der Waals surface area contributed by atoms with E-state index in [4.69, 9.17) is 10.2 Å². The van der Waals surface area contributed by atoms with Crippen LogP contribution in [0.4, 0.5) is 0 Å². The minimum atomic E-state index is -0.301. The number of aliphatic hydroxyl groups excluding tert-OH is 2. The van der Waals surface area contributed by atoms with Crippen LogP contribution >= 0.6 is 0 Å². The van der Waals surface area contributed by atoms with E-state index in [9.17, 15) is 0 Å². The molecule has 0 aromatic rings. The first kappa shape index (κ1) is 13.5. The van der Waals surface area contributed by atoms with Gasteiger partial charge in [-0.05, 0) is 12.8 Å². The molecule has 0 amide bonds. The van der Waals surface area contributed by atoms with Crippen molar-refractivity contribution in [2.24, 2.45) is 0 Å². The fraction of sp³-hybridized carbons (Fsp3) is 1.00. The average molecular weight is 162 g/mol. The van der Waals surface area contributed by atoms with Gasteiger partial charge in [0.05, 0.1) is 6.10 Å². The third-order valence-electron chi connectivity index (χ3n) is 1.43. The Morgan fingerprint density at radius 3 is 1.64 bits per heavy atom. The minimum Gasteiger partial charge on any atom is -0.396 e. The molecule has 0 heterocycles. The van der Waals surface area contributed by atoms with E-state index in [0.29, 0.717) is 6.42 Å². The number of aliphatic hydroxyl groups is 2. The topological polar surface area (TPSA) is 40.5 Å². The Hall–Kier alpha value is -0.0800.